The first-order chi connectivity index (χ1) is 12.6. The van der Waals surface area contributed by atoms with Gasteiger partial charge in [-0.05, 0) is 42.9 Å². The lowest BCUT2D eigenvalue weighted by molar-refractivity contribution is 0.0925. The zero-order chi connectivity index (χ0) is 18.1. The van der Waals surface area contributed by atoms with Gasteiger partial charge < -0.3 is 19.3 Å². The van der Waals surface area contributed by atoms with Crippen LogP contribution in [0, 0.1) is 0 Å². The van der Waals surface area contributed by atoms with Gasteiger partial charge >= 0.3 is 0 Å². The smallest absolute Gasteiger partial charge is 0.119 e. The van der Waals surface area contributed by atoms with Crippen LogP contribution in [0.3, 0.4) is 0 Å². The maximum Gasteiger partial charge on any atom is 0.119 e. The number of aliphatic hydroxyl groups excluding tert-OH is 1. The Morgan fingerprint density at radius 2 is 2.00 bits per heavy atom. The number of hydrogen-bond donors (Lipinski definition) is 1. The van der Waals surface area contributed by atoms with E-state index in [2.05, 4.69) is 50.6 Å². The maximum atomic E-state index is 10.6. The molecule has 1 aliphatic rings. The number of fused-ring (bicyclic) bond motifs is 3. The Hall–Kier alpha value is -1.82. The molecule has 2 heterocycles. The molecule has 26 heavy (non-hydrogen) atoms. The highest BCUT2D eigenvalue weighted by Crippen LogP contribution is 2.32. The third-order valence-corrected chi connectivity index (χ3v) is 5.48. The summed E-state index contributed by atoms with van der Waals surface area (Å²) in [5.41, 5.74) is 3.91. The highest BCUT2D eigenvalue weighted by molar-refractivity contribution is 9.10. The number of hydrogen-bond acceptors (Lipinski definition) is 3. The van der Waals surface area contributed by atoms with Gasteiger partial charge in [0.1, 0.15) is 18.5 Å². The molecule has 2 aromatic carbocycles. The van der Waals surface area contributed by atoms with Crippen molar-refractivity contribution in [3.8, 4) is 5.75 Å². The molecule has 0 fully saturated rings. The van der Waals surface area contributed by atoms with Gasteiger partial charge in [0.15, 0.2) is 0 Å². The Bertz CT molecular complexity index is 907. The molecule has 0 aliphatic carbocycles. The van der Waals surface area contributed by atoms with Gasteiger partial charge in [-0.3, -0.25) is 0 Å². The van der Waals surface area contributed by atoms with E-state index in [1.54, 1.807) is 0 Å². The number of halogens is 1. The predicted molar refractivity (Wildman–Crippen MR) is 108 cm³/mol. The molecule has 0 amide bonds. The van der Waals surface area contributed by atoms with Crippen LogP contribution in [-0.2, 0) is 19.5 Å². The molecule has 0 spiro atoms. The van der Waals surface area contributed by atoms with E-state index in [1.807, 2.05) is 30.3 Å². The monoisotopic (exact) mass is 414 g/mol. The molecule has 1 atom stereocenters. The van der Waals surface area contributed by atoms with E-state index in [4.69, 9.17) is 4.74 Å². The van der Waals surface area contributed by atoms with Gasteiger partial charge in [0.25, 0.3) is 0 Å². The van der Waals surface area contributed by atoms with Crippen LogP contribution in [0.15, 0.2) is 53.0 Å². The number of para-hydroxylation sites is 1. The summed E-state index contributed by atoms with van der Waals surface area (Å²) in [6.45, 7) is 2.83. The molecule has 1 aromatic heterocycles. The van der Waals surface area contributed by atoms with Gasteiger partial charge in [-0.2, -0.15) is 0 Å². The molecule has 1 N–H and O–H groups in total. The van der Waals surface area contributed by atoms with E-state index >= 15 is 0 Å². The fraction of sp³-hybridized carbons (Fsp3) is 0.333. The van der Waals surface area contributed by atoms with Gasteiger partial charge in [0.2, 0.25) is 0 Å². The van der Waals surface area contributed by atoms with E-state index in [-0.39, 0.29) is 6.61 Å². The largest absolute Gasteiger partial charge is 0.491 e. The molecule has 1 aliphatic heterocycles. The molecule has 0 saturated heterocycles. The summed E-state index contributed by atoms with van der Waals surface area (Å²) in [6.07, 6.45) is 0.447. The lowest BCUT2D eigenvalue weighted by Gasteiger charge is -2.25. The van der Waals surface area contributed by atoms with Crippen molar-refractivity contribution in [1.29, 1.82) is 0 Å². The standard InChI is InChI=1S/C21H23BrN2O2/c1-23-10-9-21-19(13-23)18-11-15(22)7-8-20(18)24(21)12-16(25)14-26-17-5-3-2-4-6-17/h2-8,11,16,25H,9-10,12-14H2,1H3. The molecule has 0 radical (unpaired) electrons. The Kier molecular flexibility index (Phi) is 5.02. The second kappa shape index (κ2) is 7.43. The minimum atomic E-state index is -0.557. The normalized spacial score (nSPS) is 15.8. The number of benzene rings is 2. The first-order valence-electron chi connectivity index (χ1n) is 8.96. The summed E-state index contributed by atoms with van der Waals surface area (Å²) in [6, 6.07) is 16.1. The summed E-state index contributed by atoms with van der Waals surface area (Å²) in [4.78, 5) is 2.35. The van der Waals surface area contributed by atoms with Crippen LogP contribution in [0.2, 0.25) is 0 Å². The molecule has 0 bridgehead atoms. The van der Waals surface area contributed by atoms with Gasteiger partial charge in [-0.1, -0.05) is 34.1 Å². The predicted octanol–water partition coefficient (Wildman–Crippen LogP) is 3.83. The minimum absolute atomic E-state index is 0.287. The molecule has 5 heteroatoms. The molecule has 1 unspecified atom stereocenters. The van der Waals surface area contributed by atoms with Crippen molar-refractivity contribution in [3.05, 3.63) is 64.3 Å². The lowest BCUT2D eigenvalue weighted by Crippen LogP contribution is -2.29. The van der Waals surface area contributed by atoms with Gasteiger partial charge in [0.05, 0.1) is 6.54 Å². The number of likely N-dealkylation sites (N-methyl/N-ethyl adjacent to an activating group) is 1. The van der Waals surface area contributed by atoms with E-state index in [1.165, 1.54) is 22.2 Å². The first-order valence-corrected chi connectivity index (χ1v) is 9.75. The van der Waals surface area contributed by atoms with Crippen LogP contribution in [0.25, 0.3) is 10.9 Å². The fourth-order valence-corrected chi connectivity index (χ4v) is 4.10. The highest BCUT2D eigenvalue weighted by atomic mass is 79.9. The van der Waals surface area contributed by atoms with Crippen LogP contribution in [0.4, 0.5) is 0 Å². The minimum Gasteiger partial charge on any atom is -0.491 e. The molecule has 136 valence electrons. The van der Waals surface area contributed by atoms with Crippen LogP contribution < -0.4 is 4.74 Å². The van der Waals surface area contributed by atoms with E-state index < -0.39 is 6.10 Å². The zero-order valence-electron chi connectivity index (χ0n) is 14.9. The average Bonchev–Trinajstić information content (AvgIpc) is 2.93. The SMILES string of the molecule is CN1CCc2c(c3cc(Br)ccc3n2CC(O)COc2ccccc2)C1. The third kappa shape index (κ3) is 3.52. The van der Waals surface area contributed by atoms with E-state index in [9.17, 15) is 5.11 Å². The summed E-state index contributed by atoms with van der Waals surface area (Å²) in [5.74, 6) is 0.788. The molecule has 3 aromatic rings. The van der Waals surface area contributed by atoms with Gasteiger partial charge in [0, 0.05) is 40.6 Å². The first kappa shape index (κ1) is 17.6. The van der Waals surface area contributed by atoms with Crippen molar-refractivity contribution in [2.45, 2.75) is 25.6 Å². The summed E-state index contributed by atoms with van der Waals surface area (Å²) in [7, 11) is 2.16. The van der Waals surface area contributed by atoms with Crippen LogP contribution in [-0.4, -0.2) is 40.9 Å². The van der Waals surface area contributed by atoms with Crippen LogP contribution in [0.5, 0.6) is 5.75 Å². The van der Waals surface area contributed by atoms with Crippen molar-refractivity contribution in [3.63, 3.8) is 0 Å². The third-order valence-electron chi connectivity index (χ3n) is 4.99. The highest BCUT2D eigenvalue weighted by Gasteiger charge is 2.23. The Balaban J connectivity index is 1.59. The number of aliphatic hydroxyl groups is 1. The summed E-state index contributed by atoms with van der Waals surface area (Å²) in [5, 5.41) is 11.9. The lowest BCUT2D eigenvalue weighted by atomic mass is 10.1. The molecule has 4 rings (SSSR count). The Morgan fingerprint density at radius 3 is 2.81 bits per heavy atom. The second-order valence-corrected chi connectivity index (χ2v) is 7.88. The number of rotatable bonds is 5. The van der Waals surface area contributed by atoms with Gasteiger partial charge in [-0.15, -0.1) is 0 Å². The summed E-state index contributed by atoms with van der Waals surface area (Å²) < 4.78 is 9.10. The van der Waals surface area contributed by atoms with Crippen LogP contribution >= 0.6 is 15.9 Å². The fourth-order valence-electron chi connectivity index (χ4n) is 3.74. The molecular weight excluding hydrogens is 392 g/mol. The number of nitrogens with zero attached hydrogens (tertiary/aromatic N) is 2. The van der Waals surface area contributed by atoms with Crippen molar-refractivity contribution in [2.75, 3.05) is 20.2 Å². The van der Waals surface area contributed by atoms with E-state index in [0.29, 0.717) is 6.54 Å². The topological polar surface area (TPSA) is 37.6 Å². The van der Waals surface area contributed by atoms with E-state index in [0.717, 1.165) is 29.7 Å². The molecular formula is C21H23BrN2O2. The van der Waals surface area contributed by atoms with Crippen LogP contribution in [0.1, 0.15) is 11.3 Å². The van der Waals surface area contributed by atoms with Crippen molar-refractivity contribution in [2.24, 2.45) is 0 Å². The maximum absolute atomic E-state index is 10.6. The zero-order valence-corrected chi connectivity index (χ0v) is 16.4. The summed E-state index contributed by atoms with van der Waals surface area (Å²) >= 11 is 3.59. The Labute approximate surface area is 162 Å². The van der Waals surface area contributed by atoms with Crippen molar-refractivity contribution < 1.29 is 9.84 Å². The number of aromatic nitrogens is 1. The van der Waals surface area contributed by atoms with Crippen molar-refractivity contribution in [1.82, 2.24) is 9.47 Å². The molecule has 0 saturated carbocycles. The quantitative estimate of drug-likeness (QED) is 0.689. The number of ether oxygens (including phenoxy) is 1. The second-order valence-electron chi connectivity index (χ2n) is 6.96. The van der Waals surface area contributed by atoms with Gasteiger partial charge in [-0.25, -0.2) is 0 Å². The van der Waals surface area contributed by atoms with Crippen molar-refractivity contribution >= 4 is 26.8 Å². The average molecular weight is 415 g/mol. The molecule has 4 nitrogen and oxygen atoms in total. The Morgan fingerprint density at radius 1 is 1.19 bits per heavy atom.